The van der Waals surface area contributed by atoms with Crippen molar-refractivity contribution in [2.45, 2.75) is 26.4 Å². The van der Waals surface area contributed by atoms with Gasteiger partial charge in [-0.05, 0) is 31.4 Å². The number of anilines is 2. The highest BCUT2D eigenvalue weighted by Crippen LogP contribution is 2.25. The fourth-order valence-electron chi connectivity index (χ4n) is 2.36. The molecule has 0 radical (unpaired) electrons. The van der Waals surface area contributed by atoms with Crippen molar-refractivity contribution in [3.8, 4) is 0 Å². The summed E-state index contributed by atoms with van der Waals surface area (Å²) in [5, 5.41) is 7.35. The van der Waals surface area contributed by atoms with Gasteiger partial charge in [-0.25, -0.2) is 4.98 Å². The first-order valence-corrected chi connectivity index (χ1v) is 7.27. The van der Waals surface area contributed by atoms with Crippen LogP contribution in [0.5, 0.6) is 0 Å². The summed E-state index contributed by atoms with van der Waals surface area (Å²) in [7, 11) is 2.02. The van der Waals surface area contributed by atoms with E-state index in [1.807, 2.05) is 14.0 Å². The normalized spacial score (nSPS) is 14.1. The van der Waals surface area contributed by atoms with Gasteiger partial charge >= 0.3 is 0 Å². The van der Waals surface area contributed by atoms with E-state index in [4.69, 9.17) is 5.73 Å². The Bertz CT molecular complexity index is 624. The van der Waals surface area contributed by atoms with Crippen molar-refractivity contribution in [1.29, 1.82) is 0 Å². The molecular weight excluding hydrogens is 274 g/mol. The van der Waals surface area contributed by atoms with Crippen LogP contribution in [-0.2, 0) is 19.5 Å². The summed E-state index contributed by atoms with van der Waals surface area (Å²) < 4.78 is 3.97. The summed E-state index contributed by atoms with van der Waals surface area (Å²) in [5.74, 6) is 1.25. The van der Waals surface area contributed by atoms with Gasteiger partial charge in [-0.15, -0.1) is 5.10 Å². The number of nitrogens with two attached hydrogens (primary N) is 1. The van der Waals surface area contributed by atoms with E-state index in [1.165, 1.54) is 17.1 Å². The summed E-state index contributed by atoms with van der Waals surface area (Å²) >= 11 is 1.42. The maximum Gasteiger partial charge on any atom is 0.222 e. The van der Waals surface area contributed by atoms with E-state index < -0.39 is 0 Å². The molecule has 0 unspecified atom stereocenters. The molecule has 0 aromatic carbocycles. The van der Waals surface area contributed by atoms with Crippen molar-refractivity contribution >= 4 is 23.3 Å². The molecule has 0 saturated heterocycles. The Hall–Kier alpha value is -1.80. The maximum atomic E-state index is 5.83. The number of fused-ring (bicyclic) bond motifs is 1. The quantitative estimate of drug-likeness (QED) is 0.850. The van der Waals surface area contributed by atoms with Crippen LogP contribution in [0.25, 0.3) is 0 Å². The molecule has 2 aromatic rings. The van der Waals surface area contributed by atoms with Gasteiger partial charge in [-0.2, -0.15) is 4.98 Å². The second-order valence-corrected chi connectivity index (χ2v) is 5.73. The van der Waals surface area contributed by atoms with Gasteiger partial charge in [0.05, 0.1) is 22.8 Å². The van der Waals surface area contributed by atoms with Gasteiger partial charge < -0.3 is 16.0 Å². The summed E-state index contributed by atoms with van der Waals surface area (Å²) in [6.45, 7) is 4.41. The zero-order valence-electron chi connectivity index (χ0n) is 11.6. The third kappa shape index (κ3) is 2.44. The van der Waals surface area contributed by atoms with Crippen LogP contribution in [0.4, 0.5) is 11.8 Å². The topological polar surface area (TPSA) is 92.9 Å². The molecule has 0 amide bonds. The molecule has 20 heavy (non-hydrogen) atoms. The predicted molar refractivity (Wildman–Crippen MR) is 78.6 cm³/mol. The van der Waals surface area contributed by atoms with Crippen LogP contribution in [0.15, 0.2) is 0 Å². The average Bonchev–Trinajstić information content (AvgIpc) is 2.83. The van der Waals surface area contributed by atoms with Crippen molar-refractivity contribution in [1.82, 2.24) is 24.9 Å². The molecule has 7 nitrogen and oxygen atoms in total. The largest absolute Gasteiger partial charge is 0.368 e. The van der Waals surface area contributed by atoms with Gasteiger partial charge in [0, 0.05) is 19.2 Å². The number of nitrogens with one attached hydrogen (secondary N) is 1. The van der Waals surface area contributed by atoms with Crippen LogP contribution in [0.2, 0.25) is 0 Å². The summed E-state index contributed by atoms with van der Waals surface area (Å²) in [6, 6.07) is 0. The molecule has 0 fully saturated rings. The Morgan fingerprint density at radius 3 is 3.00 bits per heavy atom. The van der Waals surface area contributed by atoms with Gasteiger partial charge in [-0.3, -0.25) is 0 Å². The Kier molecular flexibility index (Phi) is 3.49. The lowest BCUT2D eigenvalue weighted by molar-refractivity contribution is 0.622. The number of nitrogen functional groups attached to an aromatic ring is 1. The Morgan fingerprint density at radius 2 is 2.25 bits per heavy atom. The van der Waals surface area contributed by atoms with Gasteiger partial charge in [0.1, 0.15) is 5.82 Å². The van der Waals surface area contributed by atoms with Gasteiger partial charge in [0.15, 0.2) is 0 Å². The first-order valence-electron chi connectivity index (χ1n) is 6.50. The second-order valence-electron chi connectivity index (χ2n) is 4.90. The molecule has 3 heterocycles. The Balaban J connectivity index is 1.93. The first-order chi connectivity index (χ1) is 9.65. The summed E-state index contributed by atoms with van der Waals surface area (Å²) in [5.41, 5.74) is 8.99. The summed E-state index contributed by atoms with van der Waals surface area (Å²) in [4.78, 5) is 12.0. The van der Waals surface area contributed by atoms with Crippen molar-refractivity contribution in [3.63, 3.8) is 0 Å². The highest BCUT2D eigenvalue weighted by molar-refractivity contribution is 7.05. The highest BCUT2D eigenvalue weighted by Gasteiger charge is 2.20. The van der Waals surface area contributed by atoms with Crippen LogP contribution in [-0.4, -0.2) is 33.1 Å². The Morgan fingerprint density at radius 1 is 1.40 bits per heavy atom. The van der Waals surface area contributed by atoms with E-state index in [2.05, 4.69) is 29.8 Å². The number of aromatic nitrogens is 4. The smallest absolute Gasteiger partial charge is 0.222 e. The third-order valence-corrected chi connectivity index (χ3v) is 4.23. The first kappa shape index (κ1) is 13.2. The minimum absolute atomic E-state index is 0.327. The molecule has 1 aliphatic heterocycles. The molecule has 0 aliphatic carbocycles. The molecule has 0 bridgehead atoms. The number of aryl methyl sites for hydroxylation is 1. The average molecular weight is 291 g/mol. The van der Waals surface area contributed by atoms with Crippen molar-refractivity contribution in [2.75, 3.05) is 24.2 Å². The van der Waals surface area contributed by atoms with E-state index in [-0.39, 0.29) is 0 Å². The maximum absolute atomic E-state index is 5.83. The van der Waals surface area contributed by atoms with Crippen LogP contribution in [0.1, 0.15) is 21.8 Å². The molecule has 8 heteroatoms. The van der Waals surface area contributed by atoms with E-state index in [1.54, 1.807) is 0 Å². The summed E-state index contributed by atoms with van der Waals surface area (Å²) in [6.07, 6.45) is 0.926. The molecule has 0 saturated carbocycles. The van der Waals surface area contributed by atoms with Gasteiger partial charge in [0.25, 0.3) is 0 Å². The van der Waals surface area contributed by atoms with Crippen molar-refractivity contribution in [2.24, 2.45) is 0 Å². The lowest BCUT2D eigenvalue weighted by Gasteiger charge is -2.25. The lowest BCUT2D eigenvalue weighted by atomic mass is 10.1. The molecule has 2 aromatic heterocycles. The number of hydrogen-bond donors (Lipinski definition) is 2. The molecule has 3 rings (SSSR count). The van der Waals surface area contributed by atoms with Gasteiger partial charge in [0.2, 0.25) is 5.95 Å². The highest BCUT2D eigenvalue weighted by atomic mass is 32.1. The Labute approximate surface area is 121 Å². The molecule has 0 atom stereocenters. The molecular formula is C12H17N7S. The number of rotatable bonds is 3. The molecule has 3 N–H and O–H groups in total. The standard InChI is InChI=1S/C12H17N7S/c1-7-10(20-18-17-7)6-19(2)11-8-3-4-14-5-9(8)15-12(13)16-11/h14H,3-6H2,1-2H3,(H2,13,15,16). The van der Waals surface area contributed by atoms with Gasteiger partial charge in [-0.1, -0.05) is 4.49 Å². The molecule has 0 spiro atoms. The zero-order valence-corrected chi connectivity index (χ0v) is 12.4. The van der Waals surface area contributed by atoms with Crippen molar-refractivity contribution < 1.29 is 0 Å². The predicted octanol–water partition coefficient (Wildman–Crippen LogP) is 0.501. The SMILES string of the molecule is Cc1nnsc1CN(C)c1nc(N)nc2c1CCNC2. The zero-order chi connectivity index (χ0) is 14.1. The fraction of sp³-hybridized carbons (Fsp3) is 0.500. The number of nitrogens with zero attached hydrogens (tertiary/aromatic N) is 5. The minimum atomic E-state index is 0.327. The molecule has 106 valence electrons. The number of hydrogen-bond acceptors (Lipinski definition) is 8. The molecule has 1 aliphatic rings. The lowest BCUT2D eigenvalue weighted by Crippen LogP contribution is -2.29. The van der Waals surface area contributed by atoms with E-state index in [0.29, 0.717) is 5.95 Å². The van der Waals surface area contributed by atoms with Crippen molar-refractivity contribution in [3.05, 3.63) is 21.8 Å². The van der Waals surface area contributed by atoms with Crippen LogP contribution in [0, 0.1) is 6.92 Å². The van der Waals surface area contributed by atoms with Crippen LogP contribution < -0.4 is 16.0 Å². The van der Waals surface area contributed by atoms with E-state index >= 15 is 0 Å². The second kappa shape index (κ2) is 5.29. The van der Waals surface area contributed by atoms with E-state index in [9.17, 15) is 0 Å². The van der Waals surface area contributed by atoms with Crippen LogP contribution >= 0.6 is 11.5 Å². The third-order valence-electron chi connectivity index (χ3n) is 3.42. The van der Waals surface area contributed by atoms with E-state index in [0.717, 1.165) is 48.1 Å². The minimum Gasteiger partial charge on any atom is -0.368 e. The van der Waals surface area contributed by atoms with Crippen LogP contribution in [0.3, 0.4) is 0 Å². The fourth-order valence-corrected chi connectivity index (χ4v) is 3.05. The monoisotopic (exact) mass is 291 g/mol.